The zero-order valence-electron chi connectivity index (χ0n) is 6.45. The summed E-state index contributed by atoms with van der Waals surface area (Å²) in [6.07, 6.45) is 2.82. The molecule has 0 saturated heterocycles. The van der Waals surface area contributed by atoms with Gasteiger partial charge in [-0.25, -0.2) is 9.11 Å². The van der Waals surface area contributed by atoms with Gasteiger partial charge in [0.25, 0.3) is 0 Å². The van der Waals surface area contributed by atoms with Crippen LogP contribution in [0.5, 0.6) is 0 Å². The highest BCUT2D eigenvalue weighted by molar-refractivity contribution is 7.87. The van der Waals surface area contributed by atoms with Gasteiger partial charge in [0.1, 0.15) is 0 Å². The van der Waals surface area contributed by atoms with E-state index in [0.29, 0.717) is 5.39 Å². The van der Waals surface area contributed by atoms with Crippen LogP contribution in [-0.2, 0) is 10.2 Å². The van der Waals surface area contributed by atoms with Crippen molar-refractivity contribution >= 4 is 21.2 Å². The SMILES string of the molecule is NS(=O)(=O)n1ccc2ccnnc21. The van der Waals surface area contributed by atoms with Crippen LogP contribution in [0.1, 0.15) is 0 Å². The van der Waals surface area contributed by atoms with E-state index in [-0.39, 0.29) is 5.65 Å². The van der Waals surface area contributed by atoms with Gasteiger partial charge < -0.3 is 0 Å². The van der Waals surface area contributed by atoms with Crippen LogP contribution < -0.4 is 5.14 Å². The minimum Gasteiger partial charge on any atom is -0.214 e. The first kappa shape index (κ1) is 8.14. The quantitative estimate of drug-likeness (QED) is 0.667. The van der Waals surface area contributed by atoms with Crippen LogP contribution in [0.2, 0.25) is 0 Å². The van der Waals surface area contributed by atoms with Crippen molar-refractivity contribution in [3.63, 3.8) is 0 Å². The molecule has 13 heavy (non-hydrogen) atoms. The second kappa shape index (κ2) is 2.51. The Morgan fingerprint density at radius 3 is 2.85 bits per heavy atom. The van der Waals surface area contributed by atoms with Crippen LogP contribution in [-0.4, -0.2) is 22.6 Å². The van der Waals surface area contributed by atoms with E-state index >= 15 is 0 Å². The number of hydrogen-bond acceptors (Lipinski definition) is 4. The Kier molecular flexibility index (Phi) is 1.57. The van der Waals surface area contributed by atoms with Crippen molar-refractivity contribution in [2.45, 2.75) is 0 Å². The normalized spacial score (nSPS) is 12.1. The first-order valence-electron chi connectivity index (χ1n) is 3.41. The molecule has 0 atom stereocenters. The summed E-state index contributed by atoms with van der Waals surface area (Å²) in [4.78, 5) is 0. The molecule has 0 aliphatic heterocycles. The molecule has 2 aromatic rings. The molecule has 0 bridgehead atoms. The molecular weight excluding hydrogens is 192 g/mol. The molecular formula is C6H6N4O2S. The highest BCUT2D eigenvalue weighted by Crippen LogP contribution is 2.11. The van der Waals surface area contributed by atoms with Crippen LogP contribution in [0.25, 0.3) is 11.0 Å². The maximum absolute atomic E-state index is 11.0. The fraction of sp³-hybridized carbons (Fsp3) is 0. The standard InChI is InChI=1S/C6H6N4O2S/c7-13(11,12)10-4-2-5-1-3-8-9-6(5)10/h1-4H,(H2,7,11,12). The van der Waals surface area contributed by atoms with Crippen LogP contribution in [0.4, 0.5) is 0 Å². The molecule has 7 heteroatoms. The van der Waals surface area contributed by atoms with E-state index in [4.69, 9.17) is 5.14 Å². The fourth-order valence-corrected chi connectivity index (χ4v) is 1.67. The summed E-state index contributed by atoms with van der Waals surface area (Å²) < 4.78 is 22.8. The van der Waals surface area contributed by atoms with E-state index in [1.807, 2.05) is 0 Å². The van der Waals surface area contributed by atoms with Gasteiger partial charge in [-0.05, 0) is 12.1 Å². The Labute approximate surface area is 74.2 Å². The van der Waals surface area contributed by atoms with Gasteiger partial charge in [0, 0.05) is 11.6 Å². The Hall–Kier alpha value is -1.47. The van der Waals surface area contributed by atoms with Gasteiger partial charge >= 0.3 is 10.2 Å². The lowest BCUT2D eigenvalue weighted by Gasteiger charge is -1.98. The average Bonchev–Trinajstić information content (AvgIpc) is 2.45. The molecule has 2 rings (SSSR count). The van der Waals surface area contributed by atoms with Crippen molar-refractivity contribution in [1.29, 1.82) is 0 Å². The van der Waals surface area contributed by atoms with E-state index < -0.39 is 10.2 Å². The van der Waals surface area contributed by atoms with Crippen molar-refractivity contribution in [3.8, 4) is 0 Å². The van der Waals surface area contributed by atoms with Crippen molar-refractivity contribution < 1.29 is 8.42 Å². The van der Waals surface area contributed by atoms with Gasteiger partial charge in [-0.2, -0.15) is 13.5 Å². The molecule has 0 spiro atoms. The third kappa shape index (κ3) is 1.27. The summed E-state index contributed by atoms with van der Waals surface area (Å²) in [6.45, 7) is 0. The van der Waals surface area contributed by atoms with Crippen molar-refractivity contribution in [2.24, 2.45) is 5.14 Å². The Bertz CT molecular complexity index is 545. The smallest absolute Gasteiger partial charge is 0.214 e. The molecule has 0 fully saturated rings. The molecule has 2 aromatic heterocycles. The Balaban J connectivity index is 2.87. The zero-order chi connectivity index (χ0) is 9.47. The largest absolute Gasteiger partial charge is 0.304 e. The summed E-state index contributed by atoms with van der Waals surface area (Å²) in [5, 5.41) is 12.8. The molecule has 0 radical (unpaired) electrons. The van der Waals surface area contributed by atoms with Gasteiger partial charge in [-0.1, -0.05) is 0 Å². The fourth-order valence-electron chi connectivity index (χ4n) is 1.06. The van der Waals surface area contributed by atoms with Gasteiger partial charge in [-0.3, -0.25) is 0 Å². The maximum atomic E-state index is 11.0. The van der Waals surface area contributed by atoms with Crippen LogP contribution in [0.3, 0.4) is 0 Å². The predicted molar refractivity (Wildman–Crippen MR) is 46.0 cm³/mol. The minimum absolute atomic E-state index is 0.241. The van der Waals surface area contributed by atoms with Gasteiger partial charge in [0.05, 0.1) is 6.20 Å². The molecule has 0 aliphatic carbocycles. The first-order chi connectivity index (χ1) is 6.09. The first-order valence-corrected chi connectivity index (χ1v) is 4.91. The average molecular weight is 198 g/mol. The second-order valence-corrected chi connectivity index (χ2v) is 3.89. The van der Waals surface area contributed by atoms with Crippen LogP contribution in [0, 0.1) is 0 Å². The van der Waals surface area contributed by atoms with Crippen molar-refractivity contribution in [1.82, 2.24) is 14.2 Å². The predicted octanol–water partition coefficient (Wildman–Crippen LogP) is -0.517. The number of rotatable bonds is 1. The van der Waals surface area contributed by atoms with E-state index in [0.717, 1.165) is 3.97 Å². The lowest BCUT2D eigenvalue weighted by atomic mass is 10.4. The monoisotopic (exact) mass is 198 g/mol. The van der Waals surface area contributed by atoms with Crippen LogP contribution >= 0.6 is 0 Å². The highest BCUT2D eigenvalue weighted by atomic mass is 32.2. The summed E-state index contributed by atoms with van der Waals surface area (Å²) in [5.74, 6) is 0. The minimum atomic E-state index is -3.77. The van der Waals surface area contributed by atoms with E-state index in [9.17, 15) is 8.42 Å². The molecule has 0 saturated carbocycles. The molecule has 0 unspecified atom stereocenters. The van der Waals surface area contributed by atoms with Gasteiger partial charge in [0.2, 0.25) is 0 Å². The van der Waals surface area contributed by atoms with Gasteiger partial charge in [0.15, 0.2) is 5.65 Å². The highest BCUT2D eigenvalue weighted by Gasteiger charge is 2.10. The lowest BCUT2D eigenvalue weighted by Crippen LogP contribution is -2.21. The molecule has 0 amide bonds. The lowest BCUT2D eigenvalue weighted by molar-refractivity contribution is 0.590. The third-order valence-corrected chi connectivity index (χ3v) is 2.45. The van der Waals surface area contributed by atoms with E-state index in [2.05, 4.69) is 10.2 Å². The molecule has 6 nitrogen and oxygen atoms in total. The molecule has 2 N–H and O–H groups in total. The summed E-state index contributed by atoms with van der Waals surface area (Å²) >= 11 is 0. The molecule has 0 aromatic carbocycles. The molecule has 68 valence electrons. The van der Waals surface area contributed by atoms with Crippen molar-refractivity contribution in [2.75, 3.05) is 0 Å². The third-order valence-electron chi connectivity index (χ3n) is 1.60. The Morgan fingerprint density at radius 1 is 1.38 bits per heavy atom. The number of aromatic nitrogens is 3. The van der Waals surface area contributed by atoms with Crippen molar-refractivity contribution in [3.05, 3.63) is 24.5 Å². The molecule has 0 aliphatic rings. The second-order valence-electron chi connectivity index (χ2n) is 2.47. The number of hydrogen-bond donors (Lipinski definition) is 1. The zero-order valence-corrected chi connectivity index (χ0v) is 7.27. The van der Waals surface area contributed by atoms with Gasteiger partial charge in [-0.15, -0.1) is 5.10 Å². The summed E-state index contributed by atoms with van der Waals surface area (Å²) in [6, 6.07) is 3.26. The van der Waals surface area contributed by atoms with E-state index in [1.54, 1.807) is 12.1 Å². The Morgan fingerprint density at radius 2 is 2.15 bits per heavy atom. The maximum Gasteiger partial charge on any atom is 0.304 e. The topological polar surface area (TPSA) is 90.9 Å². The molecule has 2 heterocycles. The van der Waals surface area contributed by atoms with E-state index in [1.165, 1.54) is 12.4 Å². The van der Waals surface area contributed by atoms with Crippen LogP contribution in [0.15, 0.2) is 24.5 Å². The number of fused-ring (bicyclic) bond motifs is 1. The number of nitrogens with zero attached hydrogens (tertiary/aromatic N) is 3. The summed E-state index contributed by atoms with van der Waals surface area (Å²) in [7, 11) is -3.77. The summed E-state index contributed by atoms with van der Waals surface area (Å²) in [5.41, 5.74) is 0.241. The number of nitrogens with two attached hydrogens (primary N) is 1.